The molecule has 1 aromatic rings. The van der Waals surface area contributed by atoms with E-state index in [-0.39, 0.29) is 11.7 Å². The second kappa shape index (κ2) is 5.59. The van der Waals surface area contributed by atoms with Crippen molar-refractivity contribution >= 4 is 33.0 Å². The molecule has 106 valence electrons. The fraction of sp³-hybridized carbons (Fsp3) is 0.538. The maximum atomic E-state index is 12.5. The predicted molar refractivity (Wildman–Crippen MR) is 80.7 cm³/mol. The van der Waals surface area contributed by atoms with E-state index in [4.69, 9.17) is 11.6 Å². The summed E-state index contributed by atoms with van der Waals surface area (Å²) in [4.78, 5) is 2.08. The van der Waals surface area contributed by atoms with E-state index in [0.29, 0.717) is 19.0 Å². The molecule has 6 heteroatoms. The van der Waals surface area contributed by atoms with Gasteiger partial charge in [-0.15, -0.1) is 11.6 Å². The van der Waals surface area contributed by atoms with E-state index < -0.39 is 10.0 Å². The zero-order valence-electron chi connectivity index (χ0n) is 11.2. The number of benzene rings is 1. The minimum atomic E-state index is -3.31. The number of sulfonamides is 1. The van der Waals surface area contributed by atoms with E-state index in [1.54, 1.807) is 0 Å². The first-order valence-corrected chi connectivity index (χ1v) is 8.46. The van der Waals surface area contributed by atoms with Gasteiger partial charge < -0.3 is 4.90 Å². The molecule has 0 radical (unpaired) electrons. The maximum absolute atomic E-state index is 12.5. The molecule has 4 nitrogen and oxygen atoms in total. The molecule has 0 saturated carbocycles. The summed E-state index contributed by atoms with van der Waals surface area (Å²) in [5.74, 6) is 0.405. The van der Waals surface area contributed by atoms with Crippen molar-refractivity contribution in [2.24, 2.45) is 5.92 Å². The molecule has 1 unspecified atom stereocenters. The van der Waals surface area contributed by atoms with Gasteiger partial charge in [-0.3, -0.25) is 4.31 Å². The van der Waals surface area contributed by atoms with Gasteiger partial charge in [0.25, 0.3) is 0 Å². The molecule has 0 N–H and O–H groups in total. The van der Waals surface area contributed by atoms with Gasteiger partial charge in [-0.05, 0) is 18.1 Å². The number of rotatable bonds is 4. The third-order valence-corrected chi connectivity index (χ3v) is 5.86. The van der Waals surface area contributed by atoms with E-state index in [1.165, 1.54) is 4.31 Å². The highest BCUT2D eigenvalue weighted by atomic mass is 35.5. The monoisotopic (exact) mass is 302 g/mol. The van der Waals surface area contributed by atoms with Crippen LogP contribution in [0, 0.1) is 5.92 Å². The Morgan fingerprint density at radius 2 is 1.89 bits per heavy atom. The smallest absolute Gasteiger partial charge is 0.235 e. The topological polar surface area (TPSA) is 40.6 Å². The highest BCUT2D eigenvalue weighted by Crippen LogP contribution is 2.33. The molecule has 1 aliphatic heterocycles. The Hall–Kier alpha value is -0.940. The van der Waals surface area contributed by atoms with Gasteiger partial charge in [0.1, 0.15) is 0 Å². The Labute approximate surface area is 120 Å². The molecule has 0 fully saturated rings. The molecule has 1 aromatic carbocycles. The van der Waals surface area contributed by atoms with Crippen LogP contribution in [0.2, 0.25) is 0 Å². The van der Waals surface area contributed by atoms with Crippen molar-refractivity contribution in [2.75, 3.05) is 41.0 Å². The largest absolute Gasteiger partial charge is 0.371 e. The Balaban J connectivity index is 2.34. The lowest BCUT2D eigenvalue weighted by molar-refractivity contribution is 0.576. The lowest BCUT2D eigenvalue weighted by Crippen LogP contribution is -2.44. The highest BCUT2D eigenvalue weighted by molar-refractivity contribution is 7.92. The van der Waals surface area contributed by atoms with Gasteiger partial charge in [-0.25, -0.2) is 8.42 Å². The first-order chi connectivity index (χ1) is 8.95. The summed E-state index contributed by atoms with van der Waals surface area (Å²) in [7, 11) is -1.33. The van der Waals surface area contributed by atoms with Crippen LogP contribution in [-0.2, 0) is 10.0 Å². The van der Waals surface area contributed by atoms with Crippen LogP contribution in [0.5, 0.6) is 0 Å². The van der Waals surface area contributed by atoms with Gasteiger partial charge in [0, 0.05) is 19.5 Å². The Morgan fingerprint density at radius 1 is 1.26 bits per heavy atom. The quantitative estimate of drug-likeness (QED) is 0.800. The standard InChI is InChI=1S/C13H19ClN2O2S/c1-11(9-14)10-19(17,18)16-8-7-15(2)12-5-3-4-6-13(12)16/h3-6,11H,7-10H2,1-2H3. The van der Waals surface area contributed by atoms with Crippen molar-refractivity contribution in [3.8, 4) is 0 Å². The summed E-state index contributed by atoms with van der Waals surface area (Å²) >= 11 is 5.73. The van der Waals surface area contributed by atoms with E-state index in [1.807, 2.05) is 38.2 Å². The van der Waals surface area contributed by atoms with Crippen molar-refractivity contribution in [1.82, 2.24) is 0 Å². The molecule has 0 aliphatic carbocycles. The Morgan fingerprint density at radius 3 is 2.53 bits per heavy atom. The second-order valence-corrected chi connectivity index (χ2v) is 7.27. The number of hydrogen-bond acceptors (Lipinski definition) is 3. The molecule has 0 spiro atoms. The fourth-order valence-electron chi connectivity index (χ4n) is 2.26. The molecule has 1 heterocycles. The minimum absolute atomic E-state index is 0.0431. The molecule has 2 rings (SSSR count). The van der Waals surface area contributed by atoms with Gasteiger partial charge in [-0.2, -0.15) is 0 Å². The molecule has 0 aromatic heterocycles. The van der Waals surface area contributed by atoms with Crippen molar-refractivity contribution in [1.29, 1.82) is 0 Å². The number of anilines is 2. The molecule has 19 heavy (non-hydrogen) atoms. The van der Waals surface area contributed by atoms with Crippen molar-refractivity contribution in [3.05, 3.63) is 24.3 Å². The molecular formula is C13H19ClN2O2S. The van der Waals surface area contributed by atoms with E-state index in [0.717, 1.165) is 11.4 Å². The van der Waals surface area contributed by atoms with E-state index in [2.05, 4.69) is 4.90 Å². The zero-order chi connectivity index (χ0) is 14.0. The van der Waals surface area contributed by atoms with E-state index in [9.17, 15) is 8.42 Å². The number of fused-ring (bicyclic) bond motifs is 1. The third kappa shape index (κ3) is 2.98. The Bertz CT molecular complexity index is 547. The fourth-order valence-corrected chi connectivity index (χ4v) is 4.33. The summed E-state index contributed by atoms with van der Waals surface area (Å²) in [6.07, 6.45) is 0. The van der Waals surface area contributed by atoms with Crippen LogP contribution in [-0.4, -0.2) is 40.2 Å². The van der Waals surface area contributed by atoms with E-state index >= 15 is 0 Å². The van der Waals surface area contributed by atoms with Gasteiger partial charge in [0.15, 0.2) is 0 Å². The molecule has 1 aliphatic rings. The number of para-hydroxylation sites is 2. The van der Waals surface area contributed by atoms with Crippen molar-refractivity contribution in [2.45, 2.75) is 6.92 Å². The number of halogens is 1. The average Bonchev–Trinajstić information content (AvgIpc) is 2.38. The third-order valence-electron chi connectivity index (χ3n) is 3.29. The molecular weight excluding hydrogens is 284 g/mol. The summed E-state index contributed by atoms with van der Waals surface area (Å²) in [6.45, 7) is 3.04. The van der Waals surface area contributed by atoms with Crippen LogP contribution in [0.3, 0.4) is 0 Å². The van der Waals surface area contributed by atoms with Crippen LogP contribution >= 0.6 is 11.6 Å². The van der Waals surface area contributed by atoms with Crippen molar-refractivity contribution in [3.63, 3.8) is 0 Å². The van der Waals surface area contributed by atoms with Crippen molar-refractivity contribution < 1.29 is 8.42 Å². The van der Waals surface area contributed by atoms with Crippen LogP contribution < -0.4 is 9.21 Å². The molecule has 1 atom stereocenters. The normalized spacial score (nSPS) is 17.2. The summed E-state index contributed by atoms with van der Waals surface area (Å²) in [5, 5.41) is 0. The number of alkyl halides is 1. The first-order valence-electron chi connectivity index (χ1n) is 6.32. The van der Waals surface area contributed by atoms with Crippen LogP contribution in [0.1, 0.15) is 6.92 Å². The number of hydrogen-bond donors (Lipinski definition) is 0. The van der Waals surface area contributed by atoms with Gasteiger partial charge in [-0.1, -0.05) is 19.1 Å². The lowest BCUT2D eigenvalue weighted by atomic mass is 10.2. The van der Waals surface area contributed by atoms with Crippen LogP contribution in [0.4, 0.5) is 11.4 Å². The highest BCUT2D eigenvalue weighted by Gasteiger charge is 2.30. The molecule has 0 bridgehead atoms. The minimum Gasteiger partial charge on any atom is -0.371 e. The molecule has 0 amide bonds. The van der Waals surface area contributed by atoms with Gasteiger partial charge in [0.2, 0.25) is 10.0 Å². The van der Waals surface area contributed by atoms with Crippen LogP contribution in [0.15, 0.2) is 24.3 Å². The maximum Gasteiger partial charge on any atom is 0.235 e. The van der Waals surface area contributed by atoms with Crippen LogP contribution in [0.25, 0.3) is 0 Å². The molecule has 0 saturated heterocycles. The zero-order valence-corrected chi connectivity index (χ0v) is 12.8. The predicted octanol–water partition coefficient (Wildman–Crippen LogP) is 2.15. The summed E-state index contributed by atoms with van der Waals surface area (Å²) in [5.41, 5.74) is 1.72. The van der Waals surface area contributed by atoms with Gasteiger partial charge in [0.05, 0.1) is 23.7 Å². The lowest BCUT2D eigenvalue weighted by Gasteiger charge is -2.36. The summed E-state index contributed by atoms with van der Waals surface area (Å²) < 4.78 is 26.5. The number of likely N-dealkylation sites (N-methyl/N-ethyl adjacent to an activating group) is 1. The second-order valence-electron chi connectivity index (χ2n) is 5.02. The Kier molecular flexibility index (Phi) is 4.26. The van der Waals surface area contributed by atoms with Gasteiger partial charge >= 0.3 is 0 Å². The first kappa shape index (κ1) is 14.5. The number of nitrogens with zero attached hydrogens (tertiary/aromatic N) is 2. The summed E-state index contributed by atoms with van der Waals surface area (Å²) in [6, 6.07) is 7.59. The average molecular weight is 303 g/mol. The SMILES string of the molecule is CC(CCl)CS(=O)(=O)N1CCN(C)c2ccccc21.